The summed E-state index contributed by atoms with van der Waals surface area (Å²) in [6, 6.07) is 7.74. The molecule has 0 bridgehead atoms. The van der Waals surface area contributed by atoms with Crippen molar-refractivity contribution >= 4 is 35.8 Å². The smallest absolute Gasteiger partial charge is 0.225 e. The highest BCUT2D eigenvalue weighted by Crippen LogP contribution is 2.18. The first-order chi connectivity index (χ1) is 6.76. The van der Waals surface area contributed by atoms with Crippen molar-refractivity contribution in [3.63, 3.8) is 0 Å². The average molecular weight is 247 g/mol. The molecule has 1 amide bonds. The quantitative estimate of drug-likeness (QED) is 0.801. The Bertz CT molecular complexity index is 320. The lowest BCUT2D eigenvalue weighted by atomic mass is 10.3. The van der Waals surface area contributed by atoms with E-state index in [0.717, 1.165) is 10.6 Å². The van der Waals surface area contributed by atoms with Crippen molar-refractivity contribution < 1.29 is 4.79 Å². The van der Waals surface area contributed by atoms with Gasteiger partial charge >= 0.3 is 0 Å². The van der Waals surface area contributed by atoms with Crippen molar-refractivity contribution in [3.8, 4) is 0 Å². The highest BCUT2D eigenvalue weighted by atomic mass is 35.5. The fourth-order valence-electron chi connectivity index (χ4n) is 1.06. The summed E-state index contributed by atoms with van der Waals surface area (Å²) < 4.78 is 0. The summed E-state index contributed by atoms with van der Waals surface area (Å²) in [4.78, 5) is 12.3. The van der Waals surface area contributed by atoms with E-state index in [9.17, 15) is 4.79 Å². The molecular weight excluding hydrogens is 232 g/mol. The number of nitrogens with two attached hydrogens (primary N) is 1. The van der Waals surface area contributed by atoms with Gasteiger partial charge in [-0.2, -0.15) is 0 Å². The Morgan fingerprint density at radius 3 is 2.87 bits per heavy atom. The SMILES string of the molecule is CSc1cccc(NC(=O)CCN)c1.Cl. The van der Waals surface area contributed by atoms with E-state index in [1.54, 1.807) is 11.8 Å². The largest absolute Gasteiger partial charge is 0.330 e. The van der Waals surface area contributed by atoms with Crippen LogP contribution in [0.2, 0.25) is 0 Å². The van der Waals surface area contributed by atoms with Crippen molar-refractivity contribution in [1.29, 1.82) is 0 Å². The second-order valence-electron chi connectivity index (χ2n) is 2.82. The van der Waals surface area contributed by atoms with Crippen LogP contribution in [0, 0.1) is 0 Å². The van der Waals surface area contributed by atoms with E-state index < -0.39 is 0 Å². The van der Waals surface area contributed by atoms with Crippen LogP contribution in [0.25, 0.3) is 0 Å². The molecule has 1 rings (SSSR count). The number of thioether (sulfide) groups is 1. The molecule has 0 radical (unpaired) electrons. The van der Waals surface area contributed by atoms with Gasteiger partial charge in [0.1, 0.15) is 0 Å². The summed E-state index contributed by atoms with van der Waals surface area (Å²) in [7, 11) is 0. The van der Waals surface area contributed by atoms with Gasteiger partial charge in [-0.05, 0) is 24.5 Å². The van der Waals surface area contributed by atoms with E-state index in [0.29, 0.717) is 13.0 Å². The van der Waals surface area contributed by atoms with Crippen molar-refractivity contribution in [2.24, 2.45) is 5.73 Å². The number of halogens is 1. The molecule has 15 heavy (non-hydrogen) atoms. The molecule has 0 aliphatic carbocycles. The number of carbonyl (C=O) groups excluding carboxylic acids is 1. The van der Waals surface area contributed by atoms with Crippen LogP contribution in [0.4, 0.5) is 5.69 Å². The minimum atomic E-state index is -0.0363. The van der Waals surface area contributed by atoms with E-state index in [-0.39, 0.29) is 18.3 Å². The molecular formula is C10H15ClN2OS. The fourth-order valence-corrected chi connectivity index (χ4v) is 1.51. The minimum absolute atomic E-state index is 0. The van der Waals surface area contributed by atoms with Crippen LogP contribution in [0.3, 0.4) is 0 Å². The molecule has 1 aromatic rings. The molecule has 0 heterocycles. The number of carbonyl (C=O) groups is 1. The summed E-state index contributed by atoms with van der Waals surface area (Å²) in [5.74, 6) is -0.0363. The van der Waals surface area contributed by atoms with Gasteiger partial charge in [0.05, 0.1) is 0 Å². The number of hydrogen-bond donors (Lipinski definition) is 2. The zero-order valence-corrected chi connectivity index (χ0v) is 10.2. The number of anilines is 1. The van der Waals surface area contributed by atoms with Gasteiger partial charge < -0.3 is 11.1 Å². The fraction of sp³-hybridized carbons (Fsp3) is 0.300. The molecule has 0 unspecified atom stereocenters. The monoisotopic (exact) mass is 246 g/mol. The average Bonchev–Trinajstić information content (AvgIpc) is 2.18. The summed E-state index contributed by atoms with van der Waals surface area (Å²) in [6.07, 6.45) is 2.37. The lowest BCUT2D eigenvalue weighted by molar-refractivity contribution is -0.116. The normalized spacial score (nSPS) is 9.20. The number of hydrogen-bond acceptors (Lipinski definition) is 3. The third-order valence-corrected chi connectivity index (χ3v) is 2.45. The molecule has 3 nitrogen and oxygen atoms in total. The molecule has 3 N–H and O–H groups in total. The van der Waals surface area contributed by atoms with Crippen LogP contribution >= 0.6 is 24.2 Å². The maximum atomic E-state index is 11.2. The third kappa shape index (κ3) is 5.06. The Balaban J connectivity index is 0.00000196. The molecule has 0 fully saturated rings. The molecule has 0 saturated carbocycles. The lowest BCUT2D eigenvalue weighted by Gasteiger charge is -2.05. The molecule has 1 aromatic carbocycles. The first-order valence-corrected chi connectivity index (χ1v) is 5.62. The molecule has 0 aliphatic heterocycles. The molecule has 0 aliphatic rings. The van der Waals surface area contributed by atoms with Gasteiger partial charge in [-0.15, -0.1) is 24.2 Å². The number of benzene rings is 1. The predicted molar refractivity (Wildman–Crippen MR) is 67.8 cm³/mol. The molecule has 0 atom stereocenters. The maximum absolute atomic E-state index is 11.2. The first-order valence-electron chi connectivity index (χ1n) is 4.40. The third-order valence-electron chi connectivity index (χ3n) is 1.72. The van der Waals surface area contributed by atoms with Crippen LogP contribution in [0.15, 0.2) is 29.2 Å². The Labute approximate surface area is 100 Å². The Morgan fingerprint density at radius 1 is 1.53 bits per heavy atom. The van der Waals surface area contributed by atoms with Gasteiger partial charge in [-0.25, -0.2) is 0 Å². The van der Waals surface area contributed by atoms with Crippen LogP contribution in [0.5, 0.6) is 0 Å². The molecule has 0 saturated heterocycles. The Morgan fingerprint density at radius 2 is 2.27 bits per heavy atom. The standard InChI is InChI=1S/C10H14N2OS.ClH/c1-14-9-4-2-3-8(7-9)12-10(13)5-6-11;/h2-4,7H,5-6,11H2,1H3,(H,12,13);1H. The Kier molecular flexibility index (Phi) is 7.21. The number of rotatable bonds is 4. The maximum Gasteiger partial charge on any atom is 0.225 e. The summed E-state index contributed by atoms with van der Waals surface area (Å²) >= 11 is 1.65. The number of amides is 1. The lowest BCUT2D eigenvalue weighted by Crippen LogP contribution is -2.16. The van der Waals surface area contributed by atoms with E-state index >= 15 is 0 Å². The minimum Gasteiger partial charge on any atom is -0.330 e. The molecule has 84 valence electrons. The van der Waals surface area contributed by atoms with Crippen LogP contribution < -0.4 is 11.1 Å². The van der Waals surface area contributed by atoms with Gasteiger partial charge in [0.15, 0.2) is 0 Å². The van der Waals surface area contributed by atoms with E-state index in [1.807, 2.05) is 30.5 Å². The van der Waals surface area contributed by atoms with Gasteiger partial charge in [-0.1, -0.05) is 6.07 Å². The van der Waals surface area contributed by atoms with Crippen molar-refractivity contribution in [3.05, 3.63) is 24.3 Å². The molecule has 0 spiro atoms. The molecule has 5 heteroatoms. The summed E-state index contributed by atoms with van der Waals surface area (Å²) in [6.45, 7) is 0.383. The second kappa shape index (κ2) is 7.56. The topological polar surface area (TPSA) is 55.1 Å². The van der Waals surface area contributed by atoms with Gasteiger partial charge in [0.25, 0.3) is 0 Å². The summed E-state index contributed by atoms with van der Waals surface area (Å²) in [5.41, 5.74) is 6.10. The van der Waals surface area contributed by atoms with Crippen LogP contribution in [-0.2, 0) is 4.79 Å². The highest BCUT2D eigenvalue weighted by Gasteiger charge is 2.00. The van der Waals surface area contributed by atoms with Gasteiger partial charge in [0, 0.05) is 23.5 Å². The predicted octanol–water partition coefficient (Wildman–Crippen LogP) is 2.12. The van der Waals surface area contributed by atoms with Gasteiger partial charge in [-0.3, -0.25) is 4.79 Å². The summed E-state index contributed by atoms with van der Waals surface area (Å²) in [5, 5.41) is 2.79. The number of nitrogens with one attached hydrogen (secondary N) is 1. The van der Waals surface area contributed by atoms with Crippen molar-refractivity contribution in [2.45, 2.75) is 11.3 Å². The van der Waals surface area contributed by atoms with Gasteiger partial charge in [0.2, 0.25) is 5.91 Å². The van der Waals surface area contributed by atoms with E-state index in [4.69, 9.17) is 5.73 Å². The Hall–Kier alpha value is -0.710. The van der Waals surface area contributed by atoms with E-state index in [2.05, 4.69) is 5.32 Å². The molecule has 0 aromatic heterocycles. The highest BCUT2D eigenvalue weighted by molar-refractivity contribution is 7.98. The van der Waals surface area contributed by atoms with Crippen molar-refractivity contribution in [1.82, 2.24) is 0 Å². The van der Waals surface area contributed by atoms with Crippen LogP contribution in [0.1, 0.15) is 6.42 Å². The second-order valence-corrected chi connectivity index (χ2v) is 3.70. The first kappa shape index (κ1) is 14.3. The van der Waals surface area contributed by atoms with E-state index in [1.165, 1.54) is 0 Å². The van der Waals surface area contributed by atoms with Crippen LogP contribution in [-0.4, -0.2) is 18.7 Å². The zero-order chi connectivity index (χ0) is 10.4. The zero-order valence-electron chi connectivity index (χ0n) is 8.53. The van der Waals surface area contributed by atoms with Crippen molar-refractivity contribution in [2.75, 3.05) is 18.1 Å².